The summed E-state index contributed by atoms with van der Waals surface area (Å²) in [6, 6.07) is 4.70. The number of hydrogen-bond donors (Lipinski definition) is 1. The summed E-state index contributed by atoms with van der Waals surface area (Å²) in [5.74, 6) is 0.162. The van der Waals surface area contributed by atoms with Crippen LogP contribution in [-0.2, 0) is 22.4 Å². The molecule has 0 aliphatic heterocycles. The quantitative estimate of drug-likeness (QED) is 0.839. The molecule has 0 amide bonds. The fourth-order valence-corrected chi connectivity index (χ4v) is 2.88. The zero-order valence-corrected chi connectivity index (χ0v) is 12.7. The lowest BCUT2D eigenvalue weighted by atomic mass is 10.0. The van der Waals surface area contributed by atoms with Crippen LogP contribution in [0.1, 0.15) is 30.9 Å². The lowest BCUT2D eigenvalue weighted by Crippen LogP contribution is -2.24. The monoisotopic (exact) mass is 323 g/mol. The summed E-state index contributed by atoms with van der Waals surface area (Å²) in [5, 5.41) is 0. The molecule has 1 aromatic carbocycles. The van der Waals surface area contributed by atoms with Gasteiger partial charge < -0.3 is 5.73 Å². The van der Waals surface area contributed by atoms with Gasteiger partial charge >= 0.3 is 6.18 Å². The first-order valence-electron chi connectivity index (χ1n) is 6.76. The van der Waals surface area contributed by atoms with Crippen LogP contribution in [0.25, 0.3) is 0 Å². The Balaban J connectivity index is 2.54. The van der Waals surface area contributed by atoms with Gasteiger partial charge in [-0.1, -0.05) is 25.1 Å². The number of sulfone groups is 1. The van der Waals surface area contributed by atoms with E-state index in [2.05, 4.69) is 0 Å². The molecule has 0 radical (unpaired) electrons. The van der Waals surface area contributed by atoms with Crippen molar-refractivity contribution in [3.63, 3.8) is 0 Å². The molecule has 0 saturated carbocycles. The van der Waals surface area contributed by atoms with Crippen LogP contribution in [0, 0.1) is 0 Å². The second-order valence-electron chi connectivity index (χ2n) is 5.04. The molecule has 0 spiro atoms. The Kier molecular flexibility index (Phi) is 6.22. The molecule has 0 aliphatic carbocycles. The number of alkyl halides is 3. The Morgan fingerprint density at radius 3 is 2.52 bits per heavy atom. The van der Waals surface area contributed by atoms with E-state index in [-0.39, 0.29) is 17.5 Å². The van der Waals surface area contributed by atoms with Crippen LogP contribution in [0.5, 0.6) is 0 Å². The standard InChI is InChI=1S/C14H20F3NO2S/c1-2-21(19,20)8-4-7-13(18)10-11-5-3-6-12(9-11)14(15,16)17/h3,5-6,9,13H,2,4,7-8,10,18H2,1H3. The summed E-state index contributed by atoms with van der Waals surface area (Å²) in [6.07, 6.45) is -3.17. The normalized spacial score (nSPS) is 14.1. The first-order valence-corrected chi connectivity index (χ1v) is 8.58. The molecule has 0 aromatic heterocycles. The minimum atomic E-state index is -4.37. The third-order valence-corrected chi connectivity index (χ3v) is 5.01. The minimum absolute atomic E-state index is 0.0692. The molecule has 7 heteroatoms. The summed E-state index contributed by atoms with van der Waals surface area (Å²) < 4.78 is 60.4. The minimum Gasteiger partial charge on any atom is -0.327 e. The van der Waals surface area contributed by atoms with Gasteiger partial charge in [-0.3, -0.25) is 0 Å². The number of rotatable bonds is 7. The van der Waals surface area contributed by atoms with Crippen LogP contribution < -0.4 is 5.73 Å². The van der Waals surface area contributed by atoms with Crippen LogP contribution in [0.15, 0.2) is 24.3 Å². The van der Waals surface area contributed by atoms with Crippen LogP contribution in [0.4, 0.5) is 13.2 Å². The van der Waals surface area contributed by atoms with Gasteiger partial charge in [0.25, 0.3) is 0 Å². The van der Waals surface area contributed by atoms with E-state index in [1.807, 2.05) is 0 Å². The van der Waals surface area contributed by atoms with E-state index in [0.29, 0.717) is 24.8 Å². The van der Waals surface area contributed by atoms with E-state index < -0.39 is 21.6 Å². The van der Waals surface area contributed by atoms with Gasteiger partial charge in [-0.2, -0.15) is 13.2 Å². The van der Waals surface area contributed by atoms with E-state index >= 15 is 0 Å². The van der Waals surface area contributed by atoms with E-state index in [1.165, 1.54) is 6.07 Å². The maximum Gasteiger partial charge on any atom is 0.416 e. The van der Waals surface area contributed by atoms with Crippen molar-refractivity contribution in [2.24, 2.45) is 5.73 Å². The Labute approximate surface area is 123 Å². The van der Waals surface area contributed by atoms with E-state index in [4.69, 9.17) is 5.73 Å². The molecule has 3 nitrogen and oxygen atoms in total. The molecular formula is C14H20F3NO2S. The Bertz CT molecular complexity index is 556. The summed E-state index contributed by atoms with van der Waals surface area (Å²) in [5.41, 5.74) is 5.68. The molecule has 1 rings (SSSR count). The van der Waals surface area contributed by atoms with Crippen molar-refractivity contribution in [1.82, 2.24) is 0 Å². The van der Waals surface area contributed by atoms with Crippen molar-refractivity contribution in [1.29, 1.82) is 0 Å². The van der Waals surface area contributed by atoms with E-state index in [0.717, 1.165) is 12.1 Å². The third kappa shape index (κ3) is 6.48. The van der Waals surface area contributed by atoms with E-state index in [1.54, 1.807) is 13.0 Å². The molecule has 0 aliphatic rings. The lowest BCUT2D eigenvalue weighted by Gasteiger charge is -2.13. The van der Waals surface area contributed by atoms with Crippen LogP contribution >= 0.6 is 0 Å². The maximum absolute atomic E-state index is 12.6. The molecule has 2 N–H and O–H groups in total. The van der Waals surface area contributed by atoms with Crippen molar-refractivity contribution >= 4 is 9.84 Å². The first-order chi connectivity index (χ1) is 9.64. The Morgan fingerprint density at radius 1 is 1.29 bits per heavy atom. The molecule has 0 heterocycles. The summed E-state index contributed by atoms with van der Waals surface area (Å²) >= 11 is 0. The molecule has 1 atom stereocenters. The highest BCUT2D eigenvalue weighted by molar-refractivity contribution is 7.91. The number of benzene rings is 1. The molecule has 0 saturated heterocycles. The SMILES string of the molecule is CCS(=O)(=O)CCCC(N)Cc1cccc(C(F)(F)F)c1. The lowest BCUT2D eigenvalue weighted by molar-refractivity contribution is -0.137. The largest absolute Gasteiger partial charge is 0.416 e. The van der Waals surface area contributed by atoms with Crippen molar-refractivity contribution in [2.75, 3.05) is 11.5 Å². The van der Waals surface area contributed by atoms with Crippen LogP contribution in [0.3, 0.4) is 0 Å². The average Bonchev–Trinajstić information content (AvgIpc) is 2.38. The molecule has 0 fully saturated rings. The smallest absolute Gasteiger partial charge is 0.327 e. The van der Waals surface area contributed by atoms with Gasteiger partial charge in [0.05, 0.1) is 11.3 Å². The summed E-state index contributed by atoms with van der Waals surface area (Å²) in [4.78, 5) is 0. The van der Waals surface area contributed by atoms with Gasteiger partial charge in [0.2, 0.25) is 0 Å². The van der Waals surface area contributed by atoms with Gasteiger partial charge in [-0.25, -0.2) is 8.42 Å². The number of nitrogens with two attached hydrogens (primary N) is 1. The highest BCUT2D eigenvalue weighted by Crippen LogP contribution is 2.29. The average molecular weight is 323 g/mol. The van der Waals surface area contributed by atoms with Gasteiger partial charge in [-0.05, 0) is 30.9 Å². The second-order valence-corrected chi connectivity index (χ2v) is 7.51. The molecular weight excluding hydrogens is 303 g/mol. The van der Waals surface area contributed by atoms with Gasteiger partial charge in [0.15, 0.2) is 0 Å². The molecule has 0 bridgehead atoms. The van der Waals surface area contributed by atoms with Crippen molar-refractivity contribution in [3.8, 4) is 0 Å². The highest BCUT2D eigenvalue weighted by atomic mass is 32.2. The summed E-state index contributed by atoms with van der Waals surface area (Å²) in [7, 11) is -3.02. The zero-order chi connectivity index (χ0) is 16.1. The number of halogens is 3. The van der Waals surface area contributed by atoms with Crippen molar-refractivity contribution in [3.05, 3.63) is 35.4 Å². The second kappa shape index (κ2) is 7.26. The fraction of sp³-hybridized carbons (Fsp3) is 0.571. The predicted molar refractivity (Wildman–Crippen MR) is 76.7 cm³/mol. The predicted octanol–water partition coefficient (Wildman–Crippen LogP) is 2.79. The number of hydrogen-bond acceptors (Lipinski definition) is 3. The highest BCUT2D eigenvalue weighted by Gasteiger charge is 2.30. The Morgan fingerprint density at radius 2 is 1.95 bits per heavy atom. The topological polar surface area (TPSA) is 60.2 Å². The van der Waals surface area contributed by atoms with Gasteiger partial charge in [-0.15, -0.1) is 0 Å². The fourth-order valence-electron chi connectivity index (χ4n) is 1.99. The third-order valence-electron chi connectivity index (χ3n) is 3.22. The van der Waals surface area contributed by atoms with Crippen LogP contribution in [0.2, 0.25) is 0 Å². The van der Waals surface area contributed by atoms with Gasteiger partial charge in [0.1, 0.15) is 9.84 Å². The van der Waals surface area contributed by atoms with E-state index in [9.17, 15) is 21.6 Å². The maximum atomic E-state index is 12.6. The van der Waals surface area contributed by atoms with Gasteiger partial charge in [0, 0.05) is 11.8 Å². The first kappa shape index (κ1) is 18.0. The molecule has 1 unspecified atom stereocenters. The van der Waals surface area contributed by atoms with Crippen molar-refractivity contribution < 1.29 is 21.6 Å². The molecule has 120 valence electrons. The summed E-state index contributed by atoms with van der Waals surface area (Å²) in [6.45, 7) is 1.58. The molecule has 21 heavy (non-hydrogen) atoms. The van der Waals surface area contributed by atoms with Crippen LogP contribution in [-0.4, -0.2) is 26.0 Å². The Hall–Kier alpha value is -1.08. The molecule has 1 aromatic rings. The van der Waals surface area contributed by atoms with Crippen molar-refractivity contribution in [2.45, 2.75) is 38.4 Å². The zero-order valence-electron chi connectivity index (χ0n) is 11.9.